The summed E-state index contributed by atoms with van der Waals surface area (Å²) in [6, 6.07) is 0. The molecular weight excluding hydrogens is 135 g/mol. The van der Waals surface area contributed by atoms with Gasteiger partial charge in [0.1, 0.15) is 0 Å². The summed E-state index contributed by atoms with van der Waals surface area (Å²) in [4.78, 5) is 2.25. The summed E-state index contributed by atoms with van der Waals surface area (Å²) in [5.74, 6) is 0. The van der Waals surface area contributed by atoms with E-state index in [0.29, 0.717) is 0 Å². The smallest absolute Gasteiger partial charge is 0.249 e. The molecule has 0 radical (unpaired) electrons. The van der Waals surface area contributed by atoms with Crippen LogP contribution in [0.3, 0.4) is 0 Å². The molecule has 9 heavy (non-hydrogen) atoms. The van der Waals surface area contributed by atoms with Crippen molar-refractivity contribution in [1.82, 2.24) is 9.57 Å². The van der Waals surface area contributed by atoms with Gasteiger partial charge in [-0.1, -0.05) is 0 Å². The molecule has 0 aliphatic carbocycles. The molecule has 2 aliphatic rings. The van der Waals surface area contributed by atoms with E-state index < -0.39 is 0 Å². The van der Waals surface area contributed by atoms with Crippen molar-refractivity contribution in [3.8, 4) is 0 Å². The Bertz CT molecular complexity index is 101. The Balaban J connectivity index is 0.0000000922. The highest BCUT2D eigenvalue weighted by Gasteiger charge is 2.15. The summed E-state index contributed by atoms with van der Waals surface area (Å²) in [6.45, 7) is 4.68. The fourth-order valence-corrected chi connectivity index (χ4v) is 0.479. The average Bonchev–Trinajstić information content (AvgIpc) is 2.57. The van der Waals surface area contributed by atoms with Gasteiger partial charge in [0.25, 0.3) is 0 Å². The van der Waals surface area contributed by atoms with Gasteiger partial charge in [0, 0.05) is 26.2 Å². The van der Waals surface area contributed by atoms with Gasteiger partial charge in [0.15, 0.2) is 0 Å². The van der Waals surface area contributed by atoms with Gasteiger partial charge < -0.3 is 4.90 Å². The van der Waals surface area contributed by atoms with Gasteiger partial charge in [0.2, 0.25) is 8.61 Å². The molecule has 0 aromatic heterocycles. The van der Waals surface area contributed by atoms with Crippen LogP contribution in [0.1, 0.15) is 0 Å². The lowest BCUT2D eigenvalue weighted by Crippen LogP contribution is -1.75. The van der Waals surface area contributed by atoms with Crippen LogP contribution in [0.2, 0.25) is 0 Å². The zero-order chi connectivity index (χ0) is 6.69. The molecule has 2 fully saturated rings. The summed E-state index contributed by atoms with van der Waals surface area (Å²) in [7, 11) is 2.30. The molecule has 2 saturated heterocycles. The number of hydrogen-bond acceptors (Lipinski definition) is 2. The molecule has 0 bridgehead atoms. The third-order valence-electron chi connectivity index (χ3n) is 1.21. The lowest BCUT2D eigenvalue weighted by molar-refractivity contribution is 0.581. The molecule has 2 rings (SSSR count). The number of nitrogens with zero attached hydrogens (tertiary/aromatic N) is 2. The van der Waals surface area contributed by atoms with Crippen LogP contribution in [0, 0.1) is 0 Å². The van der Waals surface area contributed by atoms with Crippen LogP contribution in [0.4, 0.5) is 0 Å². The van der Waals surface area contributed by atoms with Crippen molar-refractivity contribution >= 4 is 8.61 Å². The molecule has 0 aromatic rings. The first kappa shape index (κ1) is 7.13. The van der Waals surface area contributed by atoms with E-state index >= 15 is 0 Å². The first-order valence-corrected chi connectivity index (χ1v) is 3.86. The maximum absolute atomic E-state index is 9.59. The van der Waals surface area contributed by atoms with Gasteiger partial charge in [-0.05, 0) is 7.05 Å². The summed E-state index contributed by atoms with van der Waals surface area (Å²) in [5, 5.41) is 0. The Morgan fingerprint density at radius 2 is 1.67 bits per heavy atom. The fourth-order valence-electron chi connectivity index (χ4n) is 0.226. The lowest BCUT2D eigenvalue weighted by Gasteiger charge is -1.66. The third-order valence-corrected chi connectivity index (χ3v) is 1.84. The minimum Gasteiger partial charge on any atom is -0.304 e. The minimum absolute atomic E-state index is 0.191. The molecule has 52 valence electrons. The Labute approximate surface area is 56.9 Å². The first-order chi connectivity index (χ1) is 4.33. The second kappa shape index (κ2) is 3.25. The number of hydrogen-bond donors (Lipinski definition) is 0. The van der Waals surface area contributed by atoms with Crippen molar-refractivity contribution in [2.45, 2.75) is 0 Å². The second-order valence-electron chi connectivity index (χ2n) is 2.34. The van der Waals surface area contributed by atoms with Gasteiger partial charge >= 0.3 is 0 Å². The summed E-state index contributed by atoms with van der Waals surface area (Å²) in [6.07, 6.45) is 0. The molecule has 3 nitrogen and oxygen atoms in total. The van der Waals surface area contributed by atoms with Crippen molar-refractivity contribution in [1.29, 1.82) is 0 Å². The van der Waals surface area contributed by atoms with E-state index in [2.05, 4.69) is 11.9 Å². The highest BCUT2D eigenvalue weighted by atomic mass is 31.1. The van der Waals surface area contributed by atoms with Crippen LogP contribution in [0.5, 0.6) is 0 Å². The fraction of sp³-hybridized carbons (Fsp3) is 1.00. The second-order valence-corrected chi connectivity index (χ2v) is 3.07. The molecule has 2 aliphatic heterocycles. The van der Waals surface area contributed by atoms with E-state index in [4.69, 9.17) is 0 Å². The molecule has 2 heterocycles. The molecule has 4 heteroatoms. The van der Waals surface area contributed by atoms with Gasteiger partial charge in [-0.25, -0.2) is 4.67 Å². The van der Waals surface area contributed by atoms with Gasteiger partial charge in [-0.15, -0.1) is 0 Å². The number of likely N-dealkylation sites (N-methyl/N-ethyl adjacent to an activating group) is 1. The van der Waals surface area contributed by atoms with Crippen LogP contribution < -0.4 is 0 Å². The monoisotopic (exact) mass is 146 g/mol. The van der Waals surface area contributed by atoms with E-state index in [1.54, 1.807) is 4.67 Å². The summed E-state index contributed by atoms with van der Waals surface area (Å²) in [5.41, 5.74) is 0. The van der Waals surface area contributed by atoms with Gasteiger partial charge in [-0.2, -0.15) is 0 Å². The summed E-state index contributed by atoms with van der Waals surface area (Å²) >= 11 is 0. The molecule has 0 atom stereocenters. The van der Waals surface area contributed by atoms with Crippen LogP contribution in [0.25, 0.3) is 0 Å². The Kier molecular flexibility index (Phi) is 2.58. The highest BCUT2D eigenvalue weighted by Crippen LogP contribution is 2.13. The SMILES string of the molecule is CN1CC1.O=PN1CC1. The third kappa shape index (κ3) is 4.52. The van der Waals surface area contributed by atoms with Crippen molar-refractivity contribution < 1.29 is 4.57 Å². The van der Waals surface area contributed by atoms with E-state index in [1.165, 1.54) is 13.1 Å². The molecule has 0 saturated carbocycles. The van der Waals surface area contributed by atoms with Crippen LogP contribution in [-0.4, -0.2) is 42.8 Å². The first-order valence-electron chi connectivity index (χ1n) is 3.09. The number of rotatable bonds is 1. The molecule has 0 N–H and O–H groups in total. The lowest BCUT2D eigenvalue weighted by atomic mass is 11.0. The zero-order valence-electron chi connectivity index (χ0n) is 5.58. The van der Waals surface area contributed by atoms with Crippen LogP contribution in [-0.2, 0) is 4.57 Å². The Morgan fingerprint density at radius 3 is 1.67 bits per heavy atom. The van der Waals surface area contributed by atoms with Crippen LogP contribution >= 0.6 is 8.61 Å². The van der Waals surface area contributed by atoms with E-state index in [0.717, 1.165) is 13.1 Å². The molecule has 0 spiro atoms. The van der Waals surface area contributed by atoms with Gasteiger partial charge in [0.05, 0.1) is 0 Å². The Hall–Kier alpha value is 0.0200. The molecular formula is C5H11N2OP. The van der Waals surface area contributed by atoms with E-state index in [9.17, 15) is 4.57 Å². The highest BCUT2D eigenvalue weighted by molar-refractivity contribution is 7.21. The van der Waals surface area contributed by atoms with Crippen LogP contribution in [0.15, 0.2) is 0 Å². The standard InChI is InChI=1S/C3H7N.C2H4NOP/c1-4-2-3-4;4-5-3-1-2-3/h2-3H2,1H3;1-2H2. The molecule has 0 amide bonds. The quantitative estimate of drug-likeness (QED) is 0.396. The minimum atomic E-state index is 0.191. The van der Waals surface area contributed by atoms with Crippen molar-refractivity contribution in [3.63, 3.8) is 0 Å². The summed E-state index contributed by atoms with van der Waals surface area (Å²) < 4.78 is 11.4. The molecule has 0 unspecified atom stereocenters. The van der Waals surface area contributed by atoms with Crippen molar-refractivity contribution in [2.75, 3.05) is 33.2 Å². The zero-order valence-corrected chi connectivity index (χ0v) is 6.47. The average molecular weight is 146 g/mol. The molecule has 0 aromatic carbocycles. The van der Waals surface area contributed by atoms with E-state index in [-0.39, 0.29) is 8.61 Å². The topological polar surface area (TPSA) is 23.1 Å². The maximum atomic E-state index is 9.59. The maximum Gasteiger partial charge on any atom is 0.249 e. The van der Waals surface area contributed by atoms with Crippen molar-refractivity contribution in [3.05, 3.63) is 0 Å². The Morgan fingerprint density at radius 1 is 1.22 bits per heavy atom. The predicted octanol–water partition coefficient (Wildman–Crippen LogP) is 0.440. The van der Waals surface area contributed by atoms with Gasteiger partial charge in [-0.3, -0.25) is 4.57 Å². The van der Waals surface area contributed by atoms with E-state index in [1.807, 2.05) is 0 Å². The van der Waals surface area contributed by atoms with Crippen molar-refractivity contribution in [2.24, 2.45) is 0 Å². The predicted molar refractivity (Wildman–Crippen MR) is 36.7 cm³/mol. The normalized spacial score (nSPS) is 25.0. The largest absolute Gasteiger partial charge is 0.304 e.